The second-order valence-electron chi connectivity index (χ2n) is 7.37. The average molecular weight is 391 g/mol. The molecule has 0 bridgehead atoms. The molecule has 2 heterocycles. The van der Waals surface area contributed by atoms with Gasteiger partial charge < -0.3 is 19.5 Å². The number of H-pyrrole nitrogens is 1. The van der Waals surface area contributed by atoms with Crippen molar-refractivity contribution in [3.8, 4) is 0 Å². The number of hydrogen-bond acceptors (Lipinski definition) is 4. The summed E-state index contributed by atoms with van der Waals surface area (Å²) >= 11 is 0. The molecule has 29 heavy (non-hydrogen) atoms. The Morgan fingerprint density at radius 3 is 2.34 bits per heavy atom. The molecule has 3 aromatic rings. The number of para-hydroxylation sites is 2. The van der Waals surface area contributed by atoms with Crippen LogP contribution in [0.4, 0.5) is 5.69 Å². The number of nitrogens with one attached hydrogen (secondary N) is 1. The van der Waals surface area contributed by atoms with E-state index in [9.17, 15) is 9.59 Å². The van der Waals surface area contributed by atoms with Gasteiger partial charge in [-0.3, -0.25) is 4.79 Å². The van der Waals surface area contributed by atoms with E-state index in [1.54, 1.807) is 11.8 Å². The fourth-order valence-electron chi connectivity index (χ4n) is 3.89. The van der Waals surface area contributed by atoms with Crippen molar-refractivity contribution in [3.63, 3.8) is 0 Å². The van der Waals surface area contributed by atoms with Gasteiger partial charge in [0.2, 0.25) is 0 Å². The molecule has 1 aliphatic heterocycles. The lowest BCUT2D eigenvalue weighted by Gasteiger charge is -2.37. The number of piperazine rings is 1. The number of rotatable bonds is 4. The van der Waals surface area contributed by atoms with Crippen LogP contribution in [0.15, 0.2) is 54.6 Å². The van der Waals surface area contributed by atoms with Crippen LogP contribution in [0.25, 0.3) is 10.9 Å². The Kier molecular flexibility index (Phi) is 5.25. The number of amides is 1. The first-order valence-electron chi connectivity index (χ1n) is 9.91. The molecule has 1 atom stereocenters. The molecule has 0 spiro atoms. The zero-order valence-electron chi connectivity index (χ0n) is 16.7. The number of carbonyl (C=O) groups is 2. The van der Waals surface area contributed by atoms with Crippen LogP contribution in [0.2, 0.25) is 0 Å². The normalized spacial score (nSPS) is 15.4. The minimum absolute atomic E-state index is 0.149. The molecule has 1 unspecified atom stereocenters. The highest BCUT2D eigenvalue weighted by Crippen LogP contribution is 2.23. The molecule has 1 N–H and O–H groups in total. The highest BCUT2D eigenvalue weighted by atomic mass is 16.5. The number of aryl methyl sites for hydroxylation is 1. The van der Waals surface area contributed by atoms with Crippen molar-refractivity contribution in [1.82, 2.24) is 9.88 Å². The van der Waals surface area contributed by atoms with Crippen molar-refractivity contribution in [1.29, 1.82) is 0 Å². The number of benzene rings is 2. The van der Waals surface area contributed by atoms with Gasteiger partial charge in [-0.25, -0.2) is 4.79 Å². The molecular formula is C23H25N3O3. The fourth-order valence-corrected chi connectivity index (χ4v) is 3.89. The van der Waals surface area contributed by atoms with Crippen LogP contribution in [-0.2, 0) is 9.53 Å². The first kappa shape index (κ1) is 19.1. The van der Waals surface area contributed by atoms with Crippen LogP contribution < -0.4 is 4.90 Å². The van der Waals surface area contributed by atoms with E-state index >= 15 is 0 Å². The van der Waals surface area contributed by atoms with E-state index in [1.165, 1.54) is 0 Å². The summed E-state index contributed by atoms with van der Waals surface area (Å²) in [5, 5.41) is 0.811. The van der Waals surface area contributed by atoms with Gasteiger partial charge in [0.15, 0.2) is 6.10 Å². The summed E-state index contributed by atoms with van der Waals surface area (Å²) in [7, 11) is 0. The lowest BCUT2D eigenvalue weighted by molar-refractivity contribution is -0.140. The minimum Gasteiger partial charge on any atom is -0.449 e. The Morgan fingerprint density at radius 2 is 1.62 bits per heavy atom. The zero-order valence-corrected chi connectivity index (χ0v) is 16.7. The molecule has 6 heteroatoms. The van der Waals surface area contributed by atoms with E-state index in [0.29, 0.717) is 18.7 Å². The van der Waals surface area contributed by atoms with E-state index in [4.69, 9.17) is 4.74 Å². The molecule has 0 saturated carbocycles. The van der Waals surface area contributed by atoms with Crippen molar-refractivity contribution in [2.24, 2.45) is 0 Å². The van der Waals surface area contributed by atoms with Crippen LogP contribution in [0, 0.1) is 6.92 Å². The Morgan fingerprint density at radius 1 is 0.966 bits per heavy atom. The number of ether oxygens (including phenoxy) is 1. The Hall–Kier alpha value is -3.28. The third kappa shape index (κ3) is 3.83. The van der Waals surface area contributed by atoms with E-state index in [2.05, 4.69) is 22.0 Å². The molecule has 2 aromatic carbocycles. The molecule has 1 aromatic heterocycles. The SMILES string of the molecule is Cc1[nH]c2ccccc2c1C(=O)OC(C)C(=O)N1CCN(c2ccccc2)CC1. The van der Waals surface area contributed by atoms with Gasteiger partial charge >= 0.3 is 5.97 Å². The van der Waals surface area contributed by atoms with Crippen LogP contribution >= 0.6 is 0 Å². The summed E-state index contributed by atoms with van der Waals surface area (Å²) < 4.78 is 5.55. The Bertz CT molecular complexity index is 1020. The number of aromatic amines is 1. The molecule has 6 nitrogen and oxygen atoms in total. The van der Waals surface area contributed by atoms with Crippen LogP contribution in [0.3, 0.4) is 0 Å². The van der Waals surface area contributed by atoms with Crippen LogP contribution in [0.5, 0.6) is 0 Å². The summed E-state index contributed by atoms with van der Waals surface area (Å²) in [6.07, 6.45) is -0.821. The summed E-state index contributed by atoms with van der Waals surface area (Å²) in [5.41, 5.74) is 3.28. The molecule has 1 amide bonds. The predicted molar refractivity (Wildman–Crippen MR) is 113 cm³/mol. The average Bonchev–Trinajstić information content (AvgIpc) is 3.09. The van der Waals surface area contributed by atoms with Crippen LogP contribution in [0.1, 0.15) is 23.0 Å². The second kappa shape index (κ2) is 7.99. The van der Waals surface area contributed by atoms with Gasteiger partial charge in [0.1, 0.15) is 0 Å². The lowest BCUT2D eigenvalue weighted by Crippen LogP contribution is -2.51. The molecule has 1 saturated heterocycles. The second-order valence-corrected chi connectivity index (χ2v) is 7.37. The number of fused-ring (bicyclic) bond motifs is 1. The van der Waals surface area contributed by atoms with Crippen molar-refractivity contribution >= 4 is 28.5 Å². The topological polar surface area (TPSA) is 65.6 Å². The van der Waals surface area contributed by atoms with Gasteiger partial charge in [-0.15, -0.1) is 0 Å². The first-order valence-corrected chi connectivity index (χ1v) is 9.91. The maximum Gasteiger partial charge on any atom is 0.341 e. The summed E-state index contributed by atoms with van der Waals surface area (Å²) in [4.78, 5) is 32.8. The number of aromatic nitrogens is 1. The van der Waals surface area contributed by atoms with Gasteiger partial charge in [-0.1, -0.05) is 36.4 Å². The third-order valence-electron chi connectivity index (χ3n) is 5.44. The molecule has 0 aliphatic carbocycles. The standard InChI is InChI=1S/C23H25N3O3/c1-16-21(19-10-6-7-11-20(19)24-16)23(28)29-17(2)22(27)26-14-12-25(13-15-26)18-8-4-3-5-9-18/h3-11,17,24H,12-15H2,1-2H3. The smallest absolute Gasteiger partial charge is 0.341 e. The first-order chi connectivity index (χ1) is 14.0. The van der Waals surface area contributed by atoms with Crippen LogP contribution in [-0.4, -0.2) is 54.0 Å². The Balaban J connectivity index is 1.38. The number of carbonyl (C=O) groups excluding carboxylic acids is 2. The highest BCUT2D eigenvalue weighted by molar-refractivity contribution is 6.06. The monoisotopic (exact) mass is 391 g/mol. The highest BCUT2D eigenvalue weighted by Gasteiger charge is 2.28. The third-order valence-corrected chi connectivity index (χ3v) is 5.44. The lowest BCUT2D eigenvalue weighted by atomic mass is 10.1. The van der Waals surface area contributed by atoms with Crippen molar-refractivity contribution in [2.45, 2.75) is 20.0 Å². The van der Waals surface area contributed by atoms with Crippen molar-refractivity contribution in [2.75, 3.05) is 31.1 Å². The van der Waals surface area contributed by atoms with Gasteiger partial charge in [0.25, 0.3) is 5.91 Å². The van der Waals surface area contributed by atoms with E-state index < -0.39 is 12.1 Å². The van der Waals surface area contributed by atoms with Gasteiger partial charge in [0, 0.05) is 48.5 Å². The quantitative estimate of drug-likeness (QED) is 0.693. The Labute approximate surface area is 170 Å². The number of nitrogens with zero attached hydrogens (tertiary/aromatic N) is 2. The van der Waals surface area contributed by atoms with Gasteiger partial charge in [0.05, 0.1) is 5.56 Å². The maximum absolute atomic E-state index is 12.8. The maximum atomic E-state index is 12.8. The molecular weight excluding hydrogens is 366 g/mol. The fraction of sp³-hybridized carbons (Fsp3) is 0.304. The predicted octanol–water partition coefficient (Wildman–Crippen LogP) is 3.37. The van der Waals surface area contributed by atoms with Gasteiger partial charge in [-0.05, 0) is 32.0 Å². The molecule has 1 aliphatic rings. The van der Waals surface area contributed by atoms with Crippen molar-refractivity contribution in [3.05, 3.63) is 65.9 Å². The van der Waals surface area contributed by atoms with Gasteiger partial charge in [-0.2, -0.15) is 0 Å². The zero-order chi connectivity index (χ0) is 20.4. The molecule has 0 radical (unpaired) electrons. The van der Waals surface area contributed by atoms with E-state index in [1.807, 2.05) is 49.4 Å². The van der Waals surface area contributed by atoms with Crippen molar-refractivity contribution < 1.29 is 14.3 Å². The van der Waals surface area contributed by atoms with E-state index in [-0.39, 0.29) is 5.91 Å². The molecule has 150 valence electrons. The minimum atomic E-state index is -0.821. The molecule has 4 rings (SSSR count). The summed E-state index contributed by atoms with van der Waals surface area (Å²) in [6.45, 7) is 6.24. The summed E-state index contributed by atoms with van der Waals surface area (Å²) in [5.74, 6) is -0.618. The largest absolute Gasteiger partial charge is 0.449 e. The number of esters is 1. The van der Waals surface area contributed by atoms with E-state index in [0.717, 1.165) is 35.4 Å². The summed E-state index contributed by atoms with van der Waals surface area (Å²) in [6, 6.07) is 17.8. The number of hydrogen-bond donors (Lipinski definition) is 1. The molecule has 1 fully saturated rings. The number of anilines is 1.